The molecule has 3 aromatic rings. The van der Waals surface area contributed by atoms with Gasteiger partial charge in [-0.25, -0.2) is 0 Å². The number of hydrogen-bond acceptors (Lipinski definition) is 1. The molecule has 0 bridgehead atoms. The first kappa shape index (κ1) is 14.9. The Morgan fingerprint density at radius 2 is 0.952 bits per heavy atom. The van der Waals surface area contributed by atoms with E-state index in [-0.39, 0.29) is 54.4 Å². The Bertz CT molecular complexity index is 857. The Balaban J connectivity index is 2.73. The van der Waals surface area contributed by atoms with Crippen molar-refractivity contribution in [3.05, 3.63) is 5.02 Å². The minimum Gasteiger partial charge on any atom is -0.455 e. The Kier molecular flexibility index (Phi) is 3.37. The van der Waals surface area contributed by atoms with Gasteiger partial charge < -0.3 is 4.42 Å². The van der Waals surface area contributed by atoms with Crippen LogP contribution in [0.2, 0.25) is 5.02 Å². The summed E-state index contributed by atoms with van der Waals surface area (Å²) in [5.74, 6) is 0. The van der Waals surface area contributed by atoms with Crippen molar-refractivity contribution in [1.82, 2.24) is 0 Å². The van der Waals surface area contributed by atoms with Gasteiger partial charge in [-0.1, -0.05) is 33.5 Å². The second-order valence-electron chi connectivity index (χ2n) is 4.72. The van der Waals surface area contributed by atoms with Crippen LogP contribution in [-0.2, 0) is 0 Å². The molecule has 0 saturated carbocycles. The lowest BCUT2D eigenvalue weighted by Gasteiger charge is -2.13. The van der Waals surface area contributed by atoms with Crippen LogP contribution in [0.3, 0.4) is 0 Å². The Hall–Kier alpha value is -1.02. The molecule has 3 rings (SSSR count). The summed E-state index contributed by atoms with van der Waals surface area (Å²) in [5, 5.41) is 0.960. The summed E-state index contributed by atoms with van der Waals surface area (Å²) in [7, 11) is 41.3. The zero-order valence-electron chi connectivity index (χ0n) is 10.8. The molecule has 0 unspecified atom stereocenters. The largest absolute Gasteiger partial charge is 0.455 e. The number of hydrogen-bond donors (Lipinski definition) is 0. The van der Waals surface area contributed by atoms with Crippen LogP contribution in [0.15, 0.2) is 4.42 Å². The van der Waals surface area contributed by atoms with E-state index in [4.69, 9.17) is 70.9 Å². The monoisotopic (exact) mass is 272 g/mol. The summed E-state index contributed by atoms with van der Waals surface area (Å²) >= 11 is 6.16. The van der Waals surface area contributed by atoms with E-state index in [9.17, 15) is 0 Å². The Labute approximate surface area is 136 Å². The summed E-state index contributed by atoms with van der Waals surface area (Å²) in [6.07, 6.45) is 0. The minimum atomic E-state index is 0.124. The fourth-order valence-corrected chi connectivity index (χ4v) is 2.59. The first-order chi connectivity index (χ1) is 9.77. The molecule has 0 saturated heterocycles. The summed E-state index contributed by atoms with van der Waals surface area (Å²) in [6, 6.07) is 0. The van der Waals surface area contributed by atoms with Crippen molar-refractivity contribution in [2.75, 3.05) is 0 Å². The van der Waals surface area contributed by atoms with Crippen molar-refractivity contribution in [2.45, 2.75) is 0 Å². The molecule has 2 aromatic carbocycles. The molecular formula is C12B7ClO. The molecule has 14 radical (unpaired) electrons. The highest BCUT2D eigenvalue weighted by Crippen LogP contribution is 2.27. The first-order valence-electron chi connectivity index (χ1n) is 5.87. The topological polar surface area (TPSA) is 13.1 Å². The molecule has 0 spiro atoms. The first-order valence-corrected chi connectivity index (χ1v) is 6.25. The molecule has 21 heavy (non-hydrogen) atoms. The number of rotatable bonds is 0. The van der Waals surface area contributed by atoms with Gasteiger partial charge in [0.05, 0.1) is 5.02 Å². The molecule has 1 nitrogen and oxygen atoms in total. The normalized spacial score (nSPS) is 11.5. The van der Waals surface area contributed by atoms with Crippen LogP contribution >= 0.6 is 11.6 Å². The lowest BCUT2D eigenvalue weighted by atomic mass is 9.64. The van der Waals surface area contributed by atoms with Crippen molar-refractivity contribution in [2.24, 2.45) is 0 Å². The summed E-state index contributed by atoms with van der Waals surface area (Å²) in [4.78, 5) is 0. The number of benzene rings is 2. The van der Waals surface area contributed by atoms with Crippen LogP contribution < -0.4 is 38.2 Å². The van der Waals surface area contributed by atoms with Gasteiger partial charge in [0.1, 0.15) is 60.5 Å². The van der Waals surface area contributed by atoms with Crippen LogP contribution in [-0.4, -0.2) is 54.9 Å². The molecule has 0 aliphatic heterocycles. The van der Waals surface area contributed by atoms with Gasteiger partial charge in [0, 0.05) is 10.8 Å². The minimum absolute atomic E-state index is 0.124. The smallest absolute Gasteiger partial charge is 0.152 e. The van der Waals surface area contributed by atoms with Crippen molar-refractivity contribution >= 4 is 127 Å². The third-order valence-electron chi connectivity index (χ3n) is 3.58. The van der Waals surface area contributed by atoms with Gasteiger partial charge in [0.2, 0.25) is 0 Å². The van der Waals surface area contributed by atoms with E-state index in [2.05, 4.69) is 0 Å². The fraction of sp³-hybridized carbons (Fsp3) is 0. The van der Waals surface area contributed by atoms with Gasteiger partial charge >= 0.3 is 0 Å². The molecule has 0 aliphatic rings. The molecule has 82 valence electrons. The molecule has 1 heterocycles. The highest BCUT2D eigenvalue weighted by Gasteiger charge is 2.20. The maximum Gasteiger partial charge on any atom is 0.152 e. The Morgan fingerprint density at radius 3 is 1.52 bits per heavy atom. The van der Waals surface area contributed by atoms with Gasteiger partial charge in [0.25, 0.3) is 0 Å². The summed E-state index contributed by atoms with van der Waals surface area (Å²) in [5.41, 5.74) is 1.57. The molecule has 0 aliphatic carbocycles. The van der Waals surface area contributed by atoms with Crippen LogP contribution in [0.25, 0.3) is 21.9 Å². The highest BCUT2D eigenvalue weighted by molar-refractivity contribution is 6.69. The zero-order chi connectivity index (χ0) is 15.6. The standard InChI is InChI=1S/C12B7ClO/c13-3-1-2-4(14)6(16)8(18)10(20)12(2)21-11(1)9(19)7(17)5(3)15. The van der Waals surface area contributed by atoms with Crippen LogP contribution in [0, 0.1) is 0 Å². The maximum absolute atomic E-state index is 6.16. The van der Waals surface area contributed by atoms with Gasteiger partial charge in [0.15, 0.2) is 5.58 Å². The lowest BCUT2D eigenvalue weighted by molar-refractivity contribution is 0.672. The average molecular weight is 271 g/mol. The summed E-state index contributed by atoms with van der Waals surface area (Å²) < 4.78 is 5.66. The molecular weight excluding hydrogens is 271 g/mol. The summed E-state index contributed by atoms with van der Waals surface area (Å²) in [6.45, 7) is 0. The van der Waals surface area contributed by atoms with Gasteiger partial charge in [-0.05, 0) is 0 Å². The van der Waals surface area contributed by atoms with E-state index in [1.807, 2.05) is 0 Å². The average Bonchev–Trinajstić information content (AvgIpc) is 2.87. The number of furan rings is 1. The van der Waals surface area contributed by atoms with Gasteiger partial charge in [-0.15, -0.1) is 16.4 Å². The van der Waals surface area contributed by atoms with Crippen LogP contribution in [0.5, 0.6) is 0 Å². The van der Waals surface area contributed by atoms with Crippen LogP contribution in [0.1, 0.15) is 0 Å². The van der Waals surface area contributed by atoms with E-state index < -0.39 is 0 Å². The third kappa shape index (κ3) is 1.81. The zero-order valence-corrected chi connectivity index (χ0v) is 11.6. The van der Waals surface area contributed by atoms with Crippen molar-refractivity contribution in [3.63, 3.8) is 0 Å². The maximum atomic E-state index is 6.16. The van der Waals surface area contributed by atoms with Gasteiger partial charge in [-0.2, -0.15) is 0 Å². The van der Waals surface area contributed by atoms with E-state index in [0.29, 0.717) is 10.8 Å². The van der Waals surface area contributed by atoms with E-state index in [1.165, 1.54) is 0 Å². The second kappa shape index (κ2) is 4.74. The third-order valence-corrected chi connectivity index (χ3v) is 3.95. The van der Waals surface area contributed by atoms with Crippen molar-refractivity contribution in [3.8, 4) is 0 Å². The van der Waals surface area contributed by atoms with E-state index in [1.54, 1.807) is 0 Å². The van der Waals surface area contributed by atoms with E-state index >= 15 is 0 Å². The van der Waals surface area contributed by atoms with E-state index in [0.717, 1.165) is 0 Å². The quantitative estimate of drug-likeness (QED) is 0.378. The predicted molar refractivity (Wildman–Crippen MR) is 96.4 cm³/mol. The Morgan fingerprint density at radius 1 is 0.524 bits per heavy atom. The molecule has 1 aromatic heterocycles. The van der Waals surface area contributed by atoms with Crippen molar-refractivity contribution < 1.29 is 4.42 Å². The second-order valence-corrected chi connectivity index (χ2v) is 5.10. The molecule has 0 N–H and O–H groups in total. The number of halogens is 1. The molecule has 9 heteroatoms. The predicted octanol–water partition coefficient (Wildman–Crippen LogP) is -4.20. The fourth-order valence-electron chi connectivity index (χ4n) is 2.36. The lowest BCUT2D eigenvalue weighted by Crippen LogP contribution is -2.47. The SMILES string of the molecule is [B]c1c([B])c([B])c2c(oc3c(Cl)c([B])c([B])c([B])c32)c1[B]. The molecule has 0 amide bonds. The van der Waals surface area contributed by atoms with Gasteiger partial charge in [-0.3, -0.25) is 0 Å². The highest BCUT2D eigenvalue weighted by atomic mass is 35.5. The number of fused-ring (bicyclic) bond motifs is 3. The van der Waals surface area contributed by atoms with Crippen molar-refractivity contribution in [1.29, 1.82) is 0 Å². The van der Waals surface area contributed by atoms with Crippen LogP contribution in [0.4, 0.5) is 0 Å². The molecule has 0 fully saturated rings. The molecule has 0 atom stereocenters.